The molecule has 0 bridgehead atoms. The molecule has 30 heavy (non-hydrogen) atoms. The number of morpholine rings is 1. The monoisotopic (exact) mass is 430 g/mol. The van der Waals surface area contributed by atoms with Gasteiger partial charge < -0.3 is 14.5 Å². The van der Waals surface area contributed by atoms with Crippen molar-refractivity contribution < 1.29 is 14.3 Å². The molecule has 0 spiro atoms. The molecule has 1 aromatic heterocycles. The molecule has 2 fully saturated rings. The lowest BCUT2D eigenvalue weighted by Gasteiger charge is -2.32. The van der Waals surface area contributed by atoms with Crippen molar-refractivity contribution >= 4 is 33.4 Å². The first-order chi connectivity index (χ1) is 14.6. The number of carbonyl (C=O) groups is 2. The maximum Gasteiger partial charge on any atom is 0.223 e. The molecule has 4 rings (SSSR count). The Bertz CT molecular complexity index is 847. The number of carbonyl (C=O) groups excluding carboxylic acids is 2. The molecule has 8 heteroatoms. The Balaban J connectivity index is 1.27. The van der Waals surface area contributed by atoms with Gasteiger partial charge in [0.2, 0.25) is 11.8 Å². The molecule has 2 saturated heterocycles. The van der Waals surface area contributed by atoms with Gasteiger partial charge in [0.25, 0.3) is 0 Å². The number of hydrogen-bond donors (Lipinski definition) is 0. The summed E-state index contributed by atoms with van der Waals surface area (Å²) in [4.78, 5) is 35.8. The van der Waals surface area contributed by atoms with Gasteiger partial charge in [0.05, 0.1) is 34.5 Å². The largest absolute Gasteiger partial charge is 0.379 e. The zero-order valence-electron chi connectivity index (χ0n) is 17.6. The lowest BCUT2D eigenvalue weighted by Crippen LogP contribution is -2.47. The number of fused-ring (bicyclic) bond motifs is 1. The van der Waals surface area contributed by atoms with E-state index in [1.165, 1.54) is 4.70 Å². The summed E-state index contributed by atoms with van der Waals surface area (Å²) >= 11 is 1.66. The number of aromatic nitrogens is 1. The second kappa shape index (κ2) is 9.85. The maximum absolute atomic E-state index is 12.8. The highest BCUT2D eigenvalue weighted by molar-refractivity contribution is 7.18. The van der Waals surface area contributed by atoms with E-state index in [-0.39, 0.29) is 17.9 Å². The van der Waals surface area contributed by atoms with E-state index in [1.807, 2.05) is 28.0 Å². The Morgan fingerprint density at radius 3 is 2.80 bits per heavy atom. The van der Waals surface area contributed by atoms with E-state index in [0.717, 1.165) is 56.3 Å². The van der Waals surface area contributed by atoms with Gasteiger partial charge in [-0.3, -0.25) is 14.5 Å². The average Bonchev–Trinajstić information content (AvgIpc) is 3.40. The molecular formula is C22H30N4O3S. The predicted molar refractivity (Wildman–Crippen MR) is 118 cm³/mol. The van der Waals surface area contributed by atoms with Gasteiger partial charge in [0, 0.05) is 59.0 Å². The second-order valence-electron chi connectivity index (χ2n) is 8.02. The Kier molecular flexibility index (Phi) is 6.97. The van der Waals surface area contributed by atoms with Crippen LogP contribution in [0.4, 0.5) is 0 Å². The van der Waals surface area contributed by atoms with E-state index in [9.17, 15) is 9.59 Å². The highest BCUT2D eigenvalue weighted by Gasteiger charge is 2.31. The SMILES string of the molecule is CC(=O)N(CCN1CCOCC1)C1CCN(C(=O)CCc2nc3ccccc3s2)C1. The highest BCUT2D eigenvalue weighted by Crippen LogP contribution is 2.23. The van der Waals surface area contributed by atoms with E-state index < -0.39 is 0 Å². The van der Waals surface area contributed by atoms with E-state index >= 15 is 0 Å². The van der Waals surface area contributed by atoms with E-state index in [4.69, 9.17) is 4.74 Å². The Labute approximate surface area is 181 Å². The van der Waals surface area contributed by atoms with Crippen molar-refractivity contribution in [3.05, 3.63) is 29.3 Å². The lowest BCUT2D eigenvalue weighted by atomic mass is 10.2. The molecular weight excluding hydrogens is 400 g/mol. The standard InChI is InChI=1S/C22H30N4O3S/c1-17(27)26(11-10-24-12-14-29-15-13-24)18-8-9-25(16-18)22(28)7-6-21-23-19-4-2-3-5-20(19)30-21/h2-5,18H,6-16H2,1H3. The Hall–Kier alpha value is -2.03. The number of ether oxygens (including phenoxy) is 1. The number of aryl methyl sites for hydroxylation is 1. The normalized spacial score (nSPS) is 20.0. The fraction of sp³-hybridized carbons (Fsp3) is 0.591. The molecule has 0 radical (unpaired) electrons. The van der Waals surface area contributed by atoms with Crippen LogP contribution >= 0.6 is 11.3 Å². The van der Waals surface area contributed by atoms with Crippen molar-refractivity contribution in [1.29, 1.82) is 0 Å². The summed E-state index contributed by atoms with van der Waals surface area (Å²) in [7, 11) is 0. The topological polar surface area (TPSA) is 66.0 Å². The first-order valence-corrected chi connectivity index (χ1v) is 11.6. The maximum atomic E-state index is 12.8. The van der Waals surface area contributed by atoms with Crippen molar-refractivity contribution in [2.45, 2.75) is 32.2 Å². The van der Waals surface area contributed by atoms with Crippen LogP contribution in [0.25, 0.3) is 10.2 Å². The van der Waals surface area contributed by atoms with Crippen molar-refractivity contribution in [3.63, 3.8) is 0 Å². The van der Waals surface area contributed by atoms with Crippen LogP contribution < -0.4 is 0 Å². The molecule has 2 amide bonds. The van der Waals surface area contributed by atoms with Crippen LogP contribution in [0.2, 0.25) is 0 Å². The summed E-state index contributed by atoms with van der Waals surface area (Å²) in [5.74, 6) is 0.255. The summed E-state index contributed by atoms with van der Waals surface area (Å²) in [6, 6.07) is 8.20. The number of thiazole rings is 1. The van der Waals surface area contributed by atoms with Gasteiger partial charge in [0.15, 0.2) is 0 Å². The predicted octanol–water partition coefficient (Wildman–Crippen LogP) is 2.01. The molecule has 2 aliphatic rings. The summed E-state index contributed by atoms with van der Waals surface area (Å²) in [6.45, 7) is 7.96. The van der Waals surface area contributed by atoms with Gasteiger partial charge in [-0.15, -0.1) is 11.3 Å². The highest BCUT2D eigenvalue weighted by atomic mass is 32.1. The molecule has 3 heterocycles. The van der Waals surface area contributed by atoms with Crippen LogP contribution in [0.5, 0.6) is 0 Å². The summed E-state index contributed by atoms with van der Waals surface area (Å²) in [5, 5.41) is 1.01. The molecule has 7 nitrogen and oxygen atoms in total. The van der Waals surface area contributed by atoms with Crippen molar-refractivity contribution in [2.24, 2.45) is 0 Å². The number of rotatable bonds is 7. The number of para-hydroxylation sites is 1. The van der Waals surface area contributed by atoms with Crippen molar-refractivity contribution in [3.8, 4) is 0 Å². The fourth-order valence-electron chi connectivity index (χ4n) is 4.29. The zero-order valence-corrected chi connectivity index (χ0v) is 18.4. The number of benzene rings is 1. The molecule has 0 N–H and O–H groups in total. The third-order valence-corrected chi connectivity index (χ3v) is 7.11. The van der Waals surface area contributed by atoms with Crippen LogP contribution in [-0.2, 0) is 20.7 Å². The fourth-order valence-corrected chi connectivity index (χ4v) is 5.26. The smallest absolute Gasteiger partial charge is 0.223 e. The molecule has 0 aliphatic carbocycles. The number of nitrogens with zero attached hydrogens (tertiary/aromatic N) is 4. The summed E-state index contributed by atoms with van der Waals surface area (Å²) < 4.78 is 6.56. The van der Waals surface area contributed by atoms with Crippen LogP contribution in [0.15, 0.2) is 24.3 Å². The van der Waals surface area contributed by atoms with E-state index in [1.54, 1.807) is 18.3 Å². The Morgan fingerprint density at radius 1 is 1.23 bits per heavy atom. The Morgan fingerprint density at radius 2 is 2.03 bits per heavy atom. The first kappa shape index (κ1) is 21.2. The van der Waals surface area contributed by atoms with Gasteiger partial charge in [-0.25, -0.2) is 4.98 Å². The molecule has 2 aromatic rings. The number of amides is 2. The van der Waals surface area contributed by atoms with Gasteiger partial charge in [-0.1, -0.05) is 12.1 Å². The van der Waals surface area contributed by atoms with Gasteiger partial charge in [-0.05, 0) is 18.6 Å². The molecule has 1 atom stereocenters. The van der Waals surface area contributed by atoms with Crippen LogP contribution in [-0.4, -0.2) is 90.0 Å². The van der Waals surface area contributed by atoms with Crippen LogP contribution in [0, 0.1) is 0 Å². The third kappa shape index (κ3) is 5.17. The minimum absolute atomic E-state index is 0.0945. The molecule has 1 aromatic carbocycles. The number of likely N-dealkylation sites (tertiary alicyclic amines) is 1. The third-order valence-electron chi connectivity index (χ3n) is 6.01. The van der Waals surface area contributed by atoms with Crippen LogP contribution in [0.3, 0.4) is 0 Å². The van der Waals surface area contributed by atoms with Gasteiger partial charge >= 0.3 is 0 Å². The van der Waals surface area contributed by atoms with E-state index in [0.29, 0.717) is 25.9 Å². The van der Waals surface area contributed by atoms with Crippen molar-refractivity contribution in [2.75, 3.05) is 52.5 Å². The number of hydrogen-bond acceptors (Lipinski definition) is 6. The molecule has 162 valence electrons. The molecule has 0 saturated carbocycles. The molecule has 1 unspecified atom stereocenters. The average molecular weight is 431 g/mol. The minimum Gasteiger partial charge on any atom is -0.379 e. The second-order valence-corrected chi connectivity index (χ2v) is 9.14. The van der Waals surface area contributed by atoms with Crippen molar-refractivity contribution in [1.82, 2.24) is 19.7 Å². The van der Waals surface area contributed by atoms with E-state index in [2.05, 4.69) is 16.0 Å². The van der Waals surface area contributed by atoms with Gasteiger partial charge in [-0.2, -0.15) is 0 Å². The van der Waals surface area contributed by atoms with Crippen LogP contribution in [0.1, 0.15) is 24.8 Å². The molecule has 2 aliphatic heterocycles. The summed E-state index contributed by atoms with van der Waals surface area (Å²) in [5.41, 5.74) is 1.00. The summed E-state index contributed by atoms with van der Waals surface area (Å²) in [6.07, 6.45) is 2.00. The first-order valence-electron chi connectivity index (χ1n) is 10.8. The lowest BCUT2D eigenvalue weighted by molar-refractivity contribution is -0.133. The zero-order chi connectivity index (χ0) is 20.9. The van der Waals surface area contributed by atoms with Gasteiger partial charge in [0.1, 0.15) is 0 Å². The minimum atomic E-state index is 0.0945. The quantitative estimate of drug-likeness (QED) is 0.672.